The Morgan fingerprint density at radius 1 is 1.32 bits per heavy atom. The summed E-state index contributed by atoms with van der Waals surface area (Å²) < 4.78 is 0. The van der Waals surface area contributed by atoms with Crippen LogP contribution in [0.25, 0.3) is 0 Å². The third kappa shape index (κ3) is 4.59. The second-order valence-electron chi connectivity index (χ2n) is 4.55. The number of nitrogens with zero attached hydrogens (tertiary/aromatic N) is 1. The van der Waals surface area contributed by atoms with E-state index in [4.69, 9.17) is 5.11 Å². The molecule has 0 fully saturated rings. The summed E-state index contributed by atoms with van der Waals surface area (Å²) in [6, 6.07) is 6.60. The summed E-state index contributed by atoms with van der Waals surface area (Å²) in [5, 5.41) is 8.81. The molecule has 1 aromatic carbocycles. The summed E-state index contributed by atoms with van der Waals surface area (Å²) in [5.41, 5.74) is 1.19. The number of thioether (sulfide) groups is 1. The topological polar surface area (TPSA) is 57.6 Å². The number of rotatable bonds is 6. The molecule has 1 amide bonds. The molecular formula is C14H19NO3S. The van der Waals surface area contributed by atoms with Crippen molar-refractivity contribution in [1.29, 1.82) is 0 Å². The Labute approximate surface area is 117 Å². The highest BCUT2D eigenvalue weighted by Gasteiger charge is 2.17. The van der Waals surface area contributed by atoms with E-state index in [1.807, 2.05) is 13.2 Å². The average Bonchev–Trinajstić information content (AvgIpc) is 2.38. The van der Waals surface area contributed by atoms with Gasteiger partial charge in [-0.25, -0.2) is 4.79 Å². The minimum absolute atomic E-state index is 0.00158. The molecule has 0 saturated heterocycles. The van der Waals surface area contributed by atoms with Crippen LogP contribution in [-0.2, 0) is 11.3 Å². The molecule has 4 nitrogen and oxygen atoms in total. The molecule has 1 unspecified atom stereocenters. The quantitative estimate of drug-likeness (QED) is 0.869. The summed E-state index contributed by atoms with van der Waals surface area (Å²) >= 11 is 1.65. The molecule has 0 spiro atoms. The molecule has 0 aromatic heterocycles. The molecule has 0 aliphatic heterocycles. The first-order valence-electron chi connectivity index (χ1n) is 6.02. The SMILES string of the molecule is CSCC(C)C(=O)N(C)Cc1ccc(C(=O)O)cc1. The number of carboxylic acids is 1. The maximum atomic E-state index is 12.0. The van der Waals surface area contributed by atoms with Crippen LogP contribution >= 0.6 is 11.8 Å². The van der Waals surface area contributed by atoms with Crippen LogP contribution < -0.4 is 0 Å². The molecule has 1 rings (SSSR count). The van der Waals surface area contributed by atoms with E-state index in [1.54, 1.807) is 48.0 Å². The molecule has 0 aliphatic rings. The zero-order valence-electron chi connectivity index (χ0n) is 11.4. The van der Waals surface area contributed by atoms with E-state index in [9.17, 15) is 9.59 Å². The molecule has 0 heterocycles. The van der Waals surface area contributed by atoms with Crippen molar-refractivity contribution >= 4 is 23.6 Å². The van der Waals surface area contributed by atoms with Gasteiger partial charge in [-0.3, -0.25) is 4.79 Å². The molecule has 104 valence electrons. The van der Waals surface area contributed by atoms with Crippen molar-refractivity contribution < 1.29 is 14.7 Å². The fraction of sp³-hybridized carbons (Fsp3) is 0.429. The summed E-state index contributed by atoms with van der Waals surface area (Å²) in [6.45, 7) is 2.42. The lowest BCUT2D eigenvalue weighted by Crippen LogP contribution is -2.32. The number of carbonyl (C=O) groups excluding carboxylic acids is 1. The smallest absolute Gasteiger partial charge is 0.335 e. The van der Waals surface area contributed by atoms with Gasteiger partial charge in [-0.15, -0.1) is 0 Å². The number of hydrogen-bond acceptors (Lipinski definition) is 3. The van der Waals surface area contributed by atoms with Crippen molar-refractivity contribution in [2.45, 2.75) is 13.5 Å². The number of hydrogen-bond donors (Lipinski definition) is 1. The monoisotopic (exact) mass is 281 g/mol. The Hall–Kier alpha value is -1.49. The van der Waals surface area contributed by atoms with Gasteiger partial charge in [0.15, 0.2) is 0 Å². The van der Waals surface area contributed by atoms with Gasteiger partial charge < -0.3 is 10.0 Å². The third-order valence-electron chi connectivity index (χ3n) is 2.84. The zero-order chi connectivity index (χ0) is 14.4. The second kappa shape index (κ2) is 7.19. The van der Waals surface area contributed by atoms with Crippen LogP contribution in [0.4, 0.5) is 0 Å². The Bertz CT molecular complexity index is 445. The first-order valence-corrected chi connectivity index (χ1v) is 7.41. The van der Waals surface area contributed by atoms with Crippen LogP contribution in [0, 0.1) is 5.92 Å². The average molecular weight is 281 g/mol. The second-order valence-corrected chi connectivity index (χ2v) is 5.46. The normalized spacial score (nSPS) is 11.9. The minimum atomic E-state index is -0.940. The Morgan fingerprint density at radius 3 is 2.37 bits per heavy atom. The van der Waals surface area contributed by atoms with Crippen molar-refractivity contribution in [3.05, 3.63) is 35.4 Å². The molecule has 0 aliphatic carbocycles. The van der Waals surface area contributed by atoms with Gasteiger partial charge >= 0.3 is 5.97 Å². The summed E-state index contributed by atoms with van der Waals surface area (Å²) in [5.74, 6) is -0.0271. The van der Waals surface area contributed by atoms with Gasteiger partial charge in [0.1, 0.15) is 0 Å². The molecule has 5 heteroatoms. The van der Waals surface area contributed by atoms with E-state index in [-0.39, 0.29) is 17.4 Å². The largest absolute Gasteiger partial charge is 0.478 e. The van der Waals surface area contributed by atoms with Crippen LogP contribution in [0.15, 0.2) is 24.3 Å². The highest BCUT2D eigenvalue weighted by atomic mass is 32.2. The van der Waals surface area contributed by atoms with Crippen LogP contribution in [0.3, 0.4) is 0 Å². The summed E-state index contributed by atoms with van der Waals surface area (Å²) in [7, 11) is 1.77. The van der Waals surface area contributed by atoms with E-state index < -0.39 is 5.97 Å². The predicted molar refractivity (Wildman–Crippen MR) is 77.4 cm³/mol. The number of carbonyl (C=O) groups is 2. The van der Waals surface area contributed by atoms with E-state index in [1.165, 1.54) is 0 Å². The Balaban J connectivity index is 2.63. The third-order valence-corrected chi connectivity index (χ3v) is 3.67. The first kappa shape index (κ1) is 15.6. The predicted octanol–water partition coefficient (Wildman–Crippen LogP) is 2.34. The summed E-state index contributed by atoms with van der Waals surface area (Å²) in [4.78, 5) is 24.4. The van der Waals surface area contributed by atoms with Crippen molar-refractivity contribution in [2.75, 3.05) is 19.1 Å². The standard InChI is InChI=1S/C14H19NO3S/c1-10(9-19-3)13(16)15(2)8-11-4-6-12(7-5-11)14(17)18/h4-7,10H,8-9H2,1-3H3,(H,17,18). The van der Waals surface area contributed by atoms with Crippen LogP contribution in [0.5, 0.6) is 0 Å². The van der Waals surface area contributed by atoms with Gasteiger partial charge in [0.25, 0.3) is 0 Å². The Morgan fingerprint density at radius 2 is 1.89 bits per heavy atom. The maximum absolute atomic E-state index is 12.0. The first-order chi connectivity index (χ1) is 8.95. The molecule has 0 bridgehead atoms. The van der Waals surface area contributed by atoms with Gasteiger partial charge in [-0.2, -0.15) is 11.8 Å². The fourth-order valence-electron chi connectivity index (χ4n) is 1.80. The van der Waals surface area contributed by atoms with E-state index in [0.717, 1.165) is 11.3 Å². The van der Waals surface area contributed by atoms with E-state index in [2.05, 4.69) is 0 Å². The summed E-state index contributed by atoms with van der Waals surface area (Å²) in [6.07, 6.45) is 1.98. The lowest BCUT2D eigenvalue weighted by Gasteiger charge is -2.21. The van der Waals surface area contributed by atoms with Crippen molar-refractivity contribution in [3.63, 3.8) is 0 Å². The molecule has 0 saturated carbocycles. The molecular weight excluding hydrogens is 262 g/mol. The van der Waals surface area contributed by atoms with E-state index in [0.29, 0.717) is 6.54 Å². The van der Waals surface area contributed by atoms with Gasteiger partial charge in [0.2, 0.25) is 5.91 Å². The fourth-order valence-corrected chi connectivity index (χ4v) is 2.44. The minimum Gasteiger partial charge on any atom is -0.478 e. The van der Waals surface area contributed by atoms with Crippen LogP contribution in [0.2, 0.25) is 0 Å². The van der Waals surface area contributed by atoms with Crippen molar-refractivity contribution in [3.8, 4) is 0 Å². The molecule has 0 radical (unpaired) electrons. The number of benzene rings is 1. The Kier molecular flexibility index (Phi) is 5.89. The van der Waals surface area contributed by atoms with Crippen molar-refractivity contribution in [1.82, 2.24) is 4.90 Å². The molecule has 1 N–H and O–H groups in total. The number of aromatic carboxylic acids is 1. The highest BCUT2D eigenvalue weighted by Crippen LogP contribution is 2.11. The highest BCUT2D eigenvalue weighted by molar-refractivity contribution is 7.98. The van der Waals surface area contributed by atoms with Crippen molar-refractivity contribution in [2.24, 2.45) is 5.92 Å². The van der Waals surface area contributed by atoms with E-state index >= 15 is 0 Å². The lowest BCUT2D eigenvalue weighted by molar-refractivity contribution is -0.133. The van der Waals surface area contributed by atoms with Crippen LogP contribution in [-0.4, -0.2) is 40.9 Å². The molecule has 1 aromatic rings. The molecule has 1 atom stereocenters. The van der Waals surface area contributed by atoms with Gasteiger partial charge in [-0.05, 0) is 24.0 Å². The lowest BCUT2D eigenvalue weighted by atomic mass is 10.1. The van der Waals surface area contributed by atoms with Crippen LogP contribution in [0.1, 0.15) is 22.8 Å². The molecule has 19 heavy (non-hydrogen) atoms. The number of amides is 1. The van der Waals surface area contributed by atoms with Gasteiger partial charge in [0, 0.05) is 25.3 Å². The zero-order valence-corrected chi connectivity index (χ0v) is 12.2. The van der Waals surface area contributed by atoms with Gasteiger partial charge in [0.05, 0.1) is 5.56 Å². The van der Waals surface area contributed by atoms with Gasteiger partial charge in [-0.1, -0.05) is 19.1 Å². The maximum Gasteiger partial charge on any atom is 0.335 e. The number of carboxylic acid groups (broad SMARTS) is 1.